The number of rotatable bonds is 3. The summed E-state index contributed by atoms with van der Waals surface area (Å²) >= 11 is 0. The van der Waals surface area contributed by atoms with Crippen LogP contribution in [-0.2, 0) is 11.0 Å². The van der Waals surface area contributed by atoms with Gasteiger partial charge in [-0.15, -0.1) is 0 Å². The van der Waals surface area contributed by atoms with E-state index in [1.807, 2.05) is 0 Å². The minimum absolute atomic E-state index is 0.236. The molecule has 1 heterocycles. The fourth-order valence-corrected chi connectivity index (χ4v) is 1.70. The molecule has 1 rings (SSSR count). The standard InChI is InChI=1S/C10H19NO2Si/c1-10(2,3)14(4,5)13-8-9-11-6-7-12-9/h6-7H,8H2,1-5H3. The molecule has 0 saturated heterocycles. The van der Waals surface area contributed by atoms with Gasteiger partial charge in [-0.05, 0) is 18.1 Å². The third-order valence-electron chi connectivity index (χ3n) is 2.85. The highest BCUT2D eigenvalue weighted by Crippen LogP contribution is 2.36. The second-order valence-electron chi connectivity index (χ2n) is 4.97. The van der Waals surface area contributed by atoms with Crippen LogP contribution in [0, 0.1) is 0 Å². The summed E-state index contributed by atoms with van der Waals surface area (Å²) in [6, 6.07) is 0. The first-order valence-electron chi connectivity index (χ1n) is 4.85. The first-order chi connectivity index (χ1) is 6.33. The summed E-state index contributed by atoms with van der Waals surface area (Å²) in [6.07, 6.45) is 3.22. The molecule has 0 bridgehead atoms. The molecule has 0 aliphatic heterocycles. The van der Waals surface area contributed by atoms with Crippen LogP contribution in [0.1, 0.15) is 26.7 Å². The van der Waals surface area contributed by atoms with E-state index in [1.54, 1.807) is 12.5 Å². The van der Waals surface area contributed by atoms with Crippen molar-refractivity contribution in [3.8, 4) is 0 Å². The lowest BCUT2D eigenvalue weighted by Crippen LogP contribution is -2.40. The SMILES string of the molecule is CC(C)(C)[Si](C)(C)OCc1ncco1. The predicted octanol–water partition coefficient (Wildman–Crippen LogP) is 3.20. The van der Waals surface area contributed by atoms with Crippen molar-refractivity contribution in [1.29, 1.82) is 0 Å². The van der Waals surface area contributed by atoms with E-state index < -0.39 is 8.32 Å². The van der Waals surface area contributed by atoms with Crippen molar-refractivity contribution < 1.29 is 8.84 Å². The van der Waals surface area contributed by atoms with Crippen molar-refractivity contribution in [1.82, 2.24) is 4.98 Å². The Morgan fingerprint density at radius 2 is 2.07 bits per heavy atom. The van der Waals surface area contributed by atoms with Crippen LogP contribution in [0.25, 0.3) is 0 Å². The molecule has 4 heteroatoms. The average molecular weight is 213 g/mol. The molecule has 0 amide bonds. The molecule has 0 aliphatic rings. The van der Waals surface area contributed by atoms with Gasteiger partial charge in [-0.2, -0.15) is 0 Å². The van der Waals surface area contributed by atoms with E-state index in [0.717, 1.165) is 0 Å². The molecule has 80 valence electrons. The van der Waals surface area contributed by atoms with Crippen molar-refractivity contribution >= 4 is 8.32 Å². The molecule has 0 atom stereocenters. The molecule has 0 unspecified atom stereocenters. The van der Waals surface area contributed by atoms with Gasteiger partial charge in [0, 0.05) is 0 Å². The van der Waals surface area contributed by atoms with Gasteiger partial charge >= 0.3 is 0 Å². The van der Waals surface area contributed by atoms with Crippen LogP contribution in [-0.4, -0.2) is 13.3 Å². The van der Waals surface area contributed by atoms with E-state index in [2.05, 4.69) is 38.8 Å². The minimum Gasteiger partial charge on any atom is -0.447 e. The molecule has 0 fully saturated rings. The normalized spacial score (nSPS) is 13.2. The van der Waals surface area contributed by atoms with Crippen molar-refractivity contribution in [3.63, 3.8) is 0 Å². The van der Waals surface area contributed by atoms with E-state index >= 15 is 0 Å². The molecule has 0 saturated carbocycles. The van der Waals surface area contributed by atoms with E-state index in [1.165, 1.54) is 0 Å². The number of oxazole rings is 1. The molecule has 3 nitrogen and oxygen atoms in total. The van der Waals surface area contributed by atoms with Crippen molar-refractivity contribution in [3.05, 3.63) is 18.4 Å². The number of hydrogen-bond acceptors (Lipinski definition) is 3. The molecule has 1 aromatic heterocycles. The highest BCUT2D eigenvalue weighted by atomic mass is 28.4. The van der Waals surface area contributed by atoms with Crippen molar-refractivity contribution in [2.45, 2.75) is 45.5 Å². The summed E-state index contributed by atoms with van der Waals surface area (Å²) in [5, 5.41) is 0.236. The quantitative estimate of drug-likeness (QED) is 0.723. The van der Waals surface area contributed by atoms with Crippen LogP contribution in [0.3, 0.4) is 0 Å². The molecule has 0 aromatic carbocycles. The Balaban J connectivity index is 2.53. The maximum Gasteiger partial charge on any atom is 0.218 e. The lowest BCUT2D eigenvalue weighted by atomic mass is 10.2. The maximum atomic E-state index is 5.92. The number of hydrogen-bond donors (Lipinski definition) is 0. The summed E-state index contributed by atoms with van der Waals surface area (Å²) in [7, 11) is -1.66. The van der Waals surface area contributed by atoms with Crippen LogP contribution in [0.4, 0.5) is 0 Å². The average Bonchev–Trinajstić information content (AvgIpc) is 2.50. The van der Waals surface area contributed by atoms with Gasteiger partial charge in [0.25, 0.3) is 0 Å². The second-order valence-corrected chi connectivity index (χ2v) is 9.78. The van der Waals surface area contributed by atoms with Crippen LogP contribution in [0.5, 0.6) is 0 Å². The fourth-order valence-electron chi connectivity index (χ4n) is 0.783. The molecule has 0 N–H and O–H groups in total. The molecule has 14 heavy (non-hydrogen) atoms. The Bertz CT molecular complexity index is 275. The third kappa shape index (κ3) is 2.69. The molecular weight excluding hydrogens is 194 g/mol. The molecule has 0 radical (unpaired) electrons. The summed E-state index contributed by atoms with van der Waals surface area (Å²) in [5.41, 5.74) is 0. The van der Waals surface area contributed by atoms with Crippen LogP contribution in [0.15, 0.2) is 16.9 Å². The Hall–Kier alpha value is -0.613. The van der Waals surface area contributed by atoms with Gasteiger partial charge in [-0.25, -0.2) is 4.98 Å². The van der Waals surface area contributed by atoms with E-state index in [0.29, 0.717) is 12.5 Å². The van der Waals surface area contributed by atoms with Crippen molar-refractivity contribution in [2.24, 2.45) is 0 Å². The smallest absolute Gasteiger partial charge is 0.218 e. The van der Waals surface area contributed by atoms with Gasteiger partial charge < -0.3 is 8.84 Å². The monoisotopic (exact) mass is 213 g/mol. The Morgan fingerprint density at radius 1 is 1.43 bits per heavy atom. The topological polar surface area (TPSA) is 35.3 Å². The highest BCUT2D eigenvalue weighted by molar-refractivity contribution is 6.74. The van der Waals surface area contributed by atoms with Crippen LogP contribution >= 0.6 is 0 Å². The Labute approximate surface area is 86.6 Å². The lowest BCUT2D eigenvalue weighted by Gasteiger charge is -2.35. The first kappa shape index (κ1) is 11.5. The second kappa shape index (κ2) is 3.86. The predicted molar refractivity (Wildman–Crippen MR) is 58.5 cm³/mol. The Morgan fingerprint density at radius 3 is 2.50 bits per heavy atom. The zero-order chi connectivity index (χ0) is 10.8. The summed E-state index contributed by atoms with van der Waals surface area (Å²) in [4.78, 5) is 4.03. The van der Waals surface area contributed by atoms with Crippen molar-refractivity contribution in [2.75, 3.05) is 0 Å². The van der Waals surface area contributed by atoms with Gasteiger partial charge in [-0.3, -0.25) is 0 Å². The highest BCUT2D eigenvalue weighted by Gasteiger charge is 2.37. The first-order valence-corrected chi connectivity index (χ1v) is 7.76. The molecule has 0 aliphatic carbocycles. The minimum atomic E-state index is -1.66. The van der Waals surface area contributed by atoms with Gasteiger partial charge in [0.15, 0.2) is 8.32 Å². The zero-order valence-corrected chi connectivity index (χ0v) is 10.6. The fraction of sp³-hybridized carbons (Fsp3) is 0.700. The number of aromatic nitrogens is 1. The maximum absolute atomic E-state index is 5.92. The molecular formula is C10H19NO2Si. The zero-order valence-electron chi connectivity index (χ0n) is 9.63. The van der Waals surface area contributed by atoms with E-state index in [9.17, 15) is 0 Å². The largest absolute Gasteiger partial charge is 0.447 e. The van der Waals surface area contributed by atoms with E-state index in [-0.39, 0.29) is 5.04 Å². The Kier molecular flexibility index (Phi) is 3.16. The molecule has 1 aromatic rings. The third-order valence-corrected chi connectivity index (χ3v) is 7.32. The summed E-state index contributed by atoms with van der Waals surface area (Å²) < 4.78 is 11.0. The van der Waals surface area contributed by atoms with Crippen LogP contribution < -0.4 is 0 Å². The van der Waals surface area contributed by atoms with Gasteiger partial charge in [0.2, 0.25) is 5.89 Å². The summed E-state index contributed by atoms with van der Waals surface area (Å²) in [6.45, 7) is 11.6. The number of nitrogens with zero attached hydrogens (tertiary/aromatic N) is 1. The lowest BCUT2D eigenvalue weighted by molar-refractivity contribution is 0.240. The van der Waals surface area contributed by atoms with Crippen LogP contribution in [0.2, 0.25) is 18.1 Å². The van der Waals surface area contributed by atoms with E-state index in [4.69, 9.17) is 8.84 Å². The van der Waals surface area contributed by atoms with Gasteiger partial charge in [0.1, 0.15) is 12.9 Å². The summed E-state index contributed by atoms with van der Waals surface area (Å²) in [5.74, 6) is 0.662. The van der Waals surface area contributed by atoms with Gasteiger partial charge in [0.05, 0.1) is 6.20 Å². The van der Waals surface area contributed by atoms with Gasteiger partial charge in [-0.1, -0.05) is 20.8 Å². The molecule has 0 spiro atoms.